The summed E-state index contributed by atoms with van der Waals surface area (Å²) in [5, 5.41) is 8.64. The third-order valence-corrected chi connectivity index (χ3v) is 3.66. The van der Waals surface area contributed by atoms with Gasteiger partial charge in [0.25, 0.3) is 5.91 Å². The van der Waals surface area contributed by atoms with Crippen molar-refractivity contribution in [3.63, 3.8) is 0 Å². The van der Waals surface area contributed by atoms with Gasteiger partial charge in [0.2, 0.25) is 5.91 Å². The zero-order valence-electron chi connectivity index (χ0n) is 11.6. The fourth-order valence-corrected chi connectivity index (χ4v) is 2.40. The van der Waals surface area contributed by atoms with E-state index in [4.69, 9.17) is 0 Å². The molecule has 0 atom stereocenters. The summed E-state index contributed by atoms with van der Waals surface area (Å²) in [5.74, 6) is -0.440. The number of amides is 2. The lowest BCUT2D eigenvalue weighted by Gasteiger charge is -2.14. The number of hydrogen-bond acceptors (Lipinski definition) is 3. The molecule has 1 aliphatic heterocycles. The zero-order chi connectivity index (χ0) is 15.1. The molecule has 0 fully saturated rings. The van der Waals surface area contributed by atoms with Gasteiger partial charge in [0.15, 0.2) is 0 Å². The highest BCUT2D eigenvalue weighted by atomic mass is 79.9. The Hall–Kier alpha value is -1.66. The van der Waals surface area contributed by atoms with Gasteiger partial charge in [-0.3, -0.25) is 9.59 Å². The van der Waals surface area contributed by atoms with Crippen molar-refractivity contribution in [3.05, 3.63) is 46.0 Å². The first kappa shape index (κ1) is 15.7. The maximum Gasteiger partial charge on any atom is 0.251 e. The highest BCUT2D eigenvalue weighted by Gasteiger charge is 2.09. The minimum absolute atomic E-state index is 0.0170. The van der Waals surface area contributed by atoms with Crippen LogP contribution in [0.2, 0.25) is 0 Å². The Morgan fingerprint density at radius 1 is 1.29 bits per heavy atom. The smallest absolute Gasteiger partial charge is 0.251 e. The number of carbonyl (C=O) groups excluding carboxylic acids is 2. The molecule has 3 N–H and O–H groups in total. The van der Waals surface area contributed by atoms with E-state index in [1.807, 2.05) is 6.07 Å². The molecule has 1 aliphatic rings. The van der Waals surface area contributed by atoms with Crippen LogP contribution in [0.4, 0.5) is 0 Å². The molecule has 21 heavy (non-hydrogen) atoms. The van der Waals surface area contributed by atoms with Gasteiger partial charge in [0, 0.05) is 23.1 Å². The molecule has 2 rings (SSSR count). The van der Waals surface area contributed by atoms with Gasteiger partial charge in [-0.05, 0) is 31.2 Å². The summed E-state index contributed by atoms with van der Waals surface area (Å²) in [6.45, 7) is 2.33. The van der Waals surface area contributed by atoms with Crippen molar-refractivity contribution >= 4 is 27.7 Å². The number of nitrogens with one attached hydrogen (secondary N) is 3. The average Bonchev–Trinajstić information content (AvgIpc) is 2.51. The second-order valence-corrected chi connectivity index (χ2v) is 5.70. The highest BCUT2D eigenvalue weighted by molar-refractivity contribution is 9.10. The Balaban J connectivity index is 1.73. The molecule has 1 aromatic carbocycles. The highest BCUT2D eigenvalue weighted by Crippen LogP contribution is 2.11. The van der Waals surface area contributed by atoms with Gasteiger partial charge in [-0.15, -0.1) is 0 Å². The van der Waals surface area contributed by atoms with Gasteiger partial charge in [-0.2, -0.15) is 0 Å². The molecule has 0 radical (unpaired) electrons. The summed E-state index contributed by atoms with van der Waals surface area (Å²) in [6.07, 6.45) is 3.04. The van der Waals surface area contributed by atoms with Crippen LogP contribution >= 0.6 is 15.9 Å². The summed E-state index contributed by atoms with van der Waals surface area (Å²) in [7, 11) is 0. The van der Waals surface area contributed by atoms with E-state index in [0.29, 0.717) is 12.1 Å². The lowest BCUT2D eigenvalue weighted by Crippen LogP contribution is -2.38. The van der Waals surface area contributed by atoms with Crippen LogP contribution in [-0.2, 0) is 4.79 Å². The monoisotopic (exact) mass is 351 g/mol. The Kier molecular flexibility index (Phi) is 5.95. The van der Waals surface area contributed by atoms with E-state index < -0.39 is 0 Å². The SMILES string of the molecule is O=C(CNC(=O)c1cccc(Br)c1)NCC1=CCNCC1. The van der Waals surface area contributed by atoms with E-state index in [2.05, 4.69) is 38.0 Å². The van der Waals surface area contributed by atoms with Crippen LogP contribution in [-0.4, -0.2) is 38.0 Å². The Labute approximate surface area is 132 Å². The van der Waals surface area contributed by atoms with Crippen LogP contribution < -0.4 is 16.0 Å². The summed E-state index contributed by atoms with van der Waals surface area (Å²) < 4.78 is 0.831. The number of benzene rings is 1. The van der Waals surface area contributed by atoms with Gasteiger partial charge < -0.3 is 16.0 Å². The van der Waals surface area contributed by atoms with E-state index in [9.17, 15) is 9.59 Å². The van der Waals surface area contributed by atoms with Gasteiger partial charge in [-0.1, -0.05) is 33.6 Å². The molecule has 0 unspecified atom stereocenters. The molecule has 0 aliphatic carbocycles. The van der Waals surface area contributed by atoms with E-state index in [0.717, 1.165) is 24.0 Å². The fourth-order valence-electron chi connectivity index (χ4n) is 2.00. The average molecular weight is 352 g/mol. The molecule has 1 aromatic rings. The number of halogens is 1. The maximum atomic E-state index is 11.9. The molecule has 0 saturated heterocycles. The van der Waals surface area contributed by atoms with Gasteiger partial charge in [-0.25, -0.2) is 0 Å². The largest absolute Gasteiger partial charge is 0.351 e. The van der Waals surface area contributed by atoms with Crippen LogP contribution in [0.15, 0.2) is 40.4 Å². The van der Waals surface area contributed by atoms with E-state index in [1.54, 1.807) is 18.2 Å². The number of rotatable bonds is 5. The third kappa shape index (κ3) is 5.32. The molecular formula is C15H18BrN3O2. The molecule has 112 valence electrons. The molecule has 0 bridgehead atoms. The van der Waals surface area contributed by atoms with Gasteiger partial charge >= 0.3 is 0 Å². The van der Waals surface area contributed by atoms with Crippen molar-refractivity contribution in [1.82, 2.24) is 16.0 Å². The van der Waals surface area contributed by atoms with Crippen molar-refractivity contribution in [2.75, 3.05) is 26.2 Å². The number of carbonyl (C=O) groups is 2. The van der Waals surface area contributed by atoms with Crippen molar-refractivity contribution in [2.24, 2.45) is 0 Å². The van der Waals surface area contributed by atoms with Crippen LogP contribution in [0.1, 0.15) is 16.8 Å². The Bertz CT molecular complexity index is 558. The molecule has 2 amide bonds. The van der Waals surface area contributed by atoms with Gasteiger partial charge in [0.05, 0.1) is 6.54 Å². The van der Waals surface area contributed by atoms with Crippen molar-refractivity contribution < 1.29 is 9.59 Å². The first-order chi connectivity index (χ1) is 10.1. The summed E-state index contributed by atoms with van der Waals surface area (Å²) in [6, 6.07) is 7.05. The molecule has 5 nitrogen and oxygen atoms in total. The van der Waals surface area contributed by atoms with Crippen LogP contribution in [0.25, 0.3) is 0 Å². The standard InChI is InChI=1S/C15H18BrN3O2/c16-13-3-1-2-12(8-13)15(21)19-10-14(20)18-9-11-4-6-17-7-5-11/h1-4,8,17H,5-7,9-10H2,(H,18,20)(H,19,21). The van der Waals surface area contributed by atoms with Crippen molar-refractivity contribution in [2.45, 2.75) is 6.42 Å². The second kappa shape index (κ2) is 7.95. The fraction of sp³-hybridized carbons (Fsp3) is 0.333. The summed E-state index contributed by atoms with van der Waals surface area (Å²) >= 11 is 3.31. The third-order valence-electron chi connectivity index (χ3n) is 3.17. The van der Waals surface area contributed by atoms with Crippen LogP contribution in [0.3, 0.4) is 0 Å². The lowest BCUT2D eigenvalue weighted by atomic mass is 10.1. The van der Waals surface area contributed by atoms with Crippen molar-refractivity contribution in [3.8, 4) is 0 Å². The lowest BCUT2D eigenvalue weighted by molar-refractivity contribution is -0.119. The number of hydrogen-bond donors (Lipinski definition) is 3. The summed E-state index contributed by atoms with van der Waals surface area (Å²) in [5.41, 5.74) is 1.75. The first-order valence-corrected chi connectivity index (χ1v) is 7.63. The van der Waals surface area contributed by atoms with E-state index in [1.165, 1.54) is 5.57 Å². The predicted octanol–water partition coefficient (Wildman–Crippen LogP) is 1.21. The maximum absolute atomic E-state index is 11.9. The predicted molar refractivity (Wildman–Crippen MR) is 85.1 cm³/mol. The molecule has 0 saturated carbocycles. The Morgan fingerprint density at radius 3 is 2.86 bits per heavy atom. The molecule has 0 spiro atoms. The van der Waals surface area contributed by atoms with E-state index in [-0.39, 0.29) is 18.4 Å². The van der Waals surface area contributed by atoms with Gasteiger partial charge in [0.1, 0.15) is 0 Å². The Morgan fingerprint density at radius 2 is 2.14 bits per heavy atom. The van der Waals surface area contributed by atoms with Crippen molar-refractivity contribution in [1.29, 1.82) is 0 Å². The molecule has 1 heterocycles. The molecule has 6 heteroatoms. The van der Waals surface area contributed by atoms with Crippen LogP contribution in [0, 0.1) is 0 Å². The zero-order valence-corrected chi connectivity index (χ0v) is 13.2. The quantitative estimate of drug-likeness (QED) is 0.698. The summed E-state index contributed by atoms with van der Waals surface area (Å²) in [4.78, 5) is 23.6. The van der Waals surface area contributed by atoms with Crippen LogP contribution in [0.5, 0.6) is 0 Å². The van der Waals surface area contributed by atoms with E-state index >= 15 is 0 Å². The minimum atomic E-state index is -0.257. The first-order valence-electron chi connectivity index (χ1n) is 6.84. The second-order valence-electron chi connectivity index (χ2n) is 4.79. The molecular weight excluding hydrogens is 334 g/mol. The molecule has 0 aromatic heterocycles. The minimum Gasteiger partial charge on any atom is -0.351 e. The topological polar surface area (TPSA) is 70.2 Å². The normalized spacial score (nSPS) is 14.2.